The molecule has 19 nitrogen and oxygen atoms in total. The number of ether oxygens (including phenoxy) is 4. The Hall–Kier alpha value is -1.12. The standard InChI is InChI=1S/C18H33NO18S3/c1-3-10-15(20)17(37-40(29,30)31)14(36-16(10)18(21)22)7-33-5-9-4-11(19-38(23,24)25)13(6-32-2)35-12(9)8-34-39(26,27)28/h9-17,19-20H,3-8H2,1-2H3,(H,21,22)(H,23,24,25)(H,26,27,28)(H,29,30,31)/p-4. The molecule has 2 N–H and O–H groups in total. The lowest BCUT2D eigenvalue weighted by atomic mass is 9.85. The van der Waals surface area contributed by atoms with Gasteiger partial charge < -0.3 is 47.6 Å². The highest BCUT2D eigenvalue weighted by Gasteiger charge is 2.47. The van der Waals surface area contributed by atoms with Crippen LogP contribution in [-0.4, -0.2) is 126 Å². The van der Waals surface area contributed by atoms with Crippen LogP contribution in [0.15, 0.2) is 0 Å². The van der Waals surface area contributed by atoms with E-state index in [1.54, 1.807) is 0 Å². The van der Waals surface area contributed by atoms with Gasteiger partial charge in [-0.1, -0.05) is 6.92 Å². The lowest BCUT2D eigenvalue weighted by Gasteiger charge is -2.45. The molecule has 2 heterocycles. The highest BCUT2D eigenvalue weighted by atomic mass is 32.3. The number of rotatable bonds is 15. The van der Waals surface area contributed by atoms with E-state index in [9.17, 15) is 53.9 Å². The summed E-state index contributed by atoms with van der Waals surface area (Å²) in [5, 5.41) is 22.1. The molecule has 2 saturated heterocycles. The summed E-state index contributed by atoms with van der Waals surface area (Å²) >= 11 is 0. The molecule has 2 fully saturated rings. The second kappa shape index (κ2) is 14.4. The third-order valence-electron chi connectivity index (χ3n) is 6.28. The zero-order valence-electron chi connectivity index (χ0n) is 21.1. The molecule has 22 heteroatoms. The molecule has 0 aromatic carbocycles. The van der Waals surface area contributed by atoms with E-state index in [-0.39, 0.29) is 19.4 Å². The molecule has 0 aliphatic carbocycles. The van der Waals surface area contributed by atoms with Crippen LogP contribution in [0, 0.1) is 11.8 Å². The van der Waals surface area contributed by atoms with Crippen LogP contribution in [0.5, 0.6) is 0 Å². The van der Waals surface area contributed by atoms with Crippen molar-refractivity contribution in [2.45, 2.75) is 62.4 Å². The van der Waals surface area contributed by atoms with Crippen molar-refractivity contribution in [1.29, 1.82) is 0 Å². The molecule has 0 amide bonds. The molecular formula is C18H29NO18S3-4. The first-order valence-corrected chi connectivity index (χ1v) is 15.7. The lowest BCUT2D eigenvalue weighted by Crippen LogP contribution is -2.61. The summed E-state index contributed by atoms with van der Waals surface area (Å²) in [4.78, 5) is 11.6. The number of carbonyl (C=O) groups is 1. The molecular weight excluding hydrogens is 614 g/mol. The van der Waals surface area contributed by atoms with Gasteiger partial charge in [-0.3, -0.25) is 8.37 Å². The first kappa shape index (κ1) is 35.1. The minimum Gasteiger partial charge on any atom is -0.735 e. The smallest absolute Gasteiger partial charge is 0.218 e. The van der Waals surface area contributed by atoms with Crippen LogP contribution in [0.3, 0.4) is 0 Å². The fourth-order valence-corrected chi connectivity index (χ4v) is 6.04. The van der Waals surface area contributed by atoms with Gasteiger partial charge >= 0.3 is 0 Å². The number of methoxy groups -OCH3 is 1. The normalized spacial score (nSPS) is 34.0. The van der Waals surface area contributed by atoms with Gasteiger partial charge in [-0.25, -0.2) is 30.0 Å². The van der Waals surface area contributed by atoms with Crippen LogP contribution in [0.1, 0.15) is 19.8 Å². The van der Waals surface area contributed by atoms with E-state index in [4.69, 9.17) is 18.9 Å². The Morgan fingerprint density at radius 2 is 1.60 bits per heavy atom. The van der Waals surface area contributed by atoms with Crippen molar-refractivity contribution in [3.8, 4) is 0 Å². The second-order valence-corrected chi connectivity index (χ2v) is 12.2. The maximum atomic E-state index is 11.6. The van der Waals surface area contributed by atoms with Crippen molar-refractivity contribution < 1.29 is 81.2 Å². The number of hydrogen-bond acceptors (Lipinski definition) is 18. The van der Waals surface area contributed by atoms with Crippen molar-refractivity contribution in [1.82, 2.24) is 4.72 Å². The minimum atomic E-state index is -5.41. The van der Waals surface area contributed by atoms with Crippen LogP contribution in [0.25, 0.3) is 0 Å². The van der Waals surface area contributed by atoms with E-state index in [0.717, 1.165) is 0 Å². The van der Waals surface area contributed by atoms with Crippen LogP contribution >= 0.6 is 0 Å². The lowest BCUT2D eigenvalue weighted by molar-refractivity contribution is -0.330. The third kappa shape index (κ3) is 10.9. The van der Waals surface area contributed by atoms with E-state index in [1.165, 1.54) is 14.0 Å². The molecule has 0 aromatic rings. The molecule has 2 aliphatic heterocycles. The van der Waals surface area contributed by atoms with Crippen molar-refractivity contribution in [3.05, 3.63) is 0 Å². The average Bonchev–Trinajstić information content (AvgIpc) is 2.79. The zero-order chi connectivity index (χ0) is 30.5. The molecule has 0 bridgehead atoms. The Labute approximate surface area is 230 Å². The van der Waals surface area contributed by atoms with Crippen molar-refractivity contribution >= 4 is 37.1 Å². The molecule has 40 heavy (non-hydrogen) atoms. The number of aliphatic hydroxyl groups excluding tert-OH is 1. The van der Waals surface area contributed by atoms with Gasteiger partial charge in [0, 0.05) is 25.0 Å². The highest BCUT2D eigenvalue weighted by Crippen LogP contribution is 2.32. The molecule has 236 valence electrons. The maximum absolute atomic E-state index is 11.6. The summed E-state index contributed by atoms with van der Waals surface area (Å²) in [7, 11) is -14.4. The summed E-state index contributed by atoms with van der Waals surface area (Å²) in [5.41, 5.74) is 0. The van der Waals surface area contributed by atoms with Gasteiger partial charge in [-0.2, -0.15) is 0 Å². The van der Waals surface area contributed by atoms with Gasteiger partial charge in [-0.15, -0.1) is 0 Å². The molecule has 0 spiro atoms. The summed E-state index contributed by atoms with van der Waals surface area (Å²) in [5.74, 6) is -3.95. The number of carboxylic acid groups (broad SMARTS) is 1. The van der Waals surface area contributed by atoms with Gasteiger partial charge in [-0.05, 0) is 12.8 Å². The first-order valence-electron chi connectivity index (χ1n) is 11.6. The van der Waals surface area contributed by atoms with Crippen LogP contribution in [0.4, 0.5) is 0 Å². The summed E-state index contributed by atoms with van der Waals surface area (Å²) in [6.45, 7) is -0.837. The molecule has 0 aromatic heterocycles. The Morgan fingerprint density at radius 1 is 0.950 bits per heavy atom. The Morgan fingerprint density at radius 3 is 2.10 bits per heavy atom. The highest BCUT2D eigenvalue weighted by molar-refractivity contribution is 7.83. The Bertz CT molecular complexity index is 1160. The van der Waals surface area contributed by atoms with Gasteiger partial charge in [0.25, 0.3) is 0 Å². The predicted molar refractivity (Wildman–Crippen MR) is 120 cm³/mol. The van der Waals surface area contributed by atoms with Gasteiger partial charge in [0.05, 0.1) is 50.7 Å². The Kier molecular flexibility index (Phi) is 12.6. The molecule has 0 radical (unpaired) electrons. The zero-order valence-corrected chi connectivity index (χ0v) is 23.5. The monoisotopic (exact) mass is 643 g/mol. The topological polar surface area (TPSA) is 299 Å². The quantitative estimate of drug-likeness (QED) is 0.125. The summed E-state index contributed by atoms with van der Waals surface area (Å²) < 4.78 is 132. The largest absolute Gasteiger partial charge is 0.735 e. The number of hydrogen-bond donors (Lipinski definition) is 2. The molecule has 2 rings (SSSR count). The van der Waals surface area contributed by atoms with E-state index in [0.29, 0.717) is 0 Å². The first-order chi connectivity index (χ1) is 18.3. The average molecular weight is 644 g/mol. The fourth-order valence-electron chi connectivity index (χ4n) is 4.61. The maximum Gasteiger partial charge on any atom is 0.218 e. The van der Waals surface area contributed by atoms with Crippen molar-refractivity contribution in [2.24, 2.45) is 11.8 Å². The predicted octanol–water partition coefficient (Wildman–Crippen LogP) is -4.93. The molecule has 9 atom stereocenters. The summed E-state index contributed by atoms with van der Waals surface area (Å²) in [6, 6.07) is -1.21. The fraction of sp³-hybridized carbons (Fsp3) is 0.944. The van der Waals surface area contributed by atoms with Crippen molar-refractivity contribution in [3.63, 3.8) is 0 Å². The second-order valence-electron chi connectivity index (χ2n) is 9.02. The number of carboxylic acids is 1. The minimum absolute atomic E-state index is 0.0322. The molecule has 0 saturated carbocycles. The van der Waals surface area contributed by atoms with Crippen LogP contribution in [-0.2, 0) is 63.2 Å². The SMILES string of the molecule is CCC1C(C(=O)[O-])OC(COCC2CC(NS(=O)(=O)[O-])C(COC)OC2COS(=O)(=O)[O-])C(OS(=O)(=O)[O-])C1O. The Balaban J connectivity index is 2.24. The van der Waals surface area contributed by atoms with E-state index in [2.05, 4.69) is 8.37 Å². The van der Waals surface area contributed by atoms with E-state index in [1.807, 2.05) is 4.72 Å². The van der Waals surface area contributed by atoms with E-state index < -0.39 is 111 Å². The molecule has 2 aliphatic rings. The number of aliphatic hydroxyl groups is 1. The number of carbonyl (C=O) groups excluding carboxylic acids is 1. The van der Waals surface area contributed by atoms with E-state index >= 15 is 0 Å². The number of aliphatic carboxylic acids is 1. The molecule has 9 unspecified atom stereocenters. The number of nitrogens with one attached hydrogen (secondary N) is 1. The van der Waals surface area contributed by atoms with Gasteiger partial charge in [0.2, 0.25) is 20.8 Å². The third-order valence-corrected chi connectivity index (χ3v) is 7.76. The summed E-state index contributed by atoms with van der Waals surface area (Å²) in [6.07, 6.45) is -9.74. The van der Waals surface area contributed by atoms with Gasteiger partial charge in [0.15, 0.2) is 10.3 Å². The van der Waals surface area contributed by atoms with Crippen LogP contribution < -0.4 is 9.83 Å². The van der Waals surface area contributed by atoms with Crippen molar-refractivity contribution in [2.75, 3.05) is 33.5 Å². The van der Waals surface area contributed by atoms with Crippen LogP contribution in [0.2, 0.25) is 0 Å². The van der Waals surface area contributed by atoms with Gasteiger partial charge in [0.1, 0.15) is 18.3 Å².